The van der Waals surface area contributed by atoms with Crippen molar-refractivity contribution in [1.29, 1.82) is 0 Å². The zero-order chi connectivity index (χ0) is 21.3. The van der Waals surface area contributed by atoms with Gasteiger partial charge < -0.3 is 4.74 Å². The molecule has 0 bridgehead atoms. The van der Waals surface area contributed by atoms with Crippen molar-refractivity contribution < 1.29 is 14.3 Å². The molecule has 0 radical (unpaired) electrons. The lowest BCUT2D eigenvalue weighted by molar-refractivity contribution is 0.0479. The first-order valence-electron chi connectivity index (χ1n) is 9.86. The number of thioether (sulfide) groups is 1. The van der Waals surface area contributed by atoms with E-state index in [-0.39, 0.29) is 17.9 Å². The van der Waals surface area contributed by atoms with Crippen molar-refractivity contribution >= 4 is 45.1 Å². The molecule has 0 aliphatic carbocycles. The number of aromatic nitrogens is 2. The molecule has 3 aromatic rings. The minimum atomic E-state index is -0.593. The monoisotopic (exact) mass is 442 g/mol. The average Bonchev–Trinajstić information content (AvgIpc) is 2.93. The smallest absolute Gasteiger partial charge is 0.349 e. The summed E-state index contributed by atoms with van der Waals surface area (Å²) in [5.74, 6) is -0.0705. The summed E-state index contributed by atoms with van der Waals surface area (Å²) in [6.07, 6.45) is 5.78. The van der Waals surface area contributed by atoms with Crippen LogP contribution in [0.3, 0.4) is 0 Å². The van der Waals surface area contributed by atoms with Crippen molar-refractivity contribution in [3.8, 4) is 0 Å². The van der Waals surface area contributed by atoms with Gasteiger partial charge in [-0.25, -0.2) is 9.78 Å². The fourth-order valence-electron chi connectivity index (χ4n) is 3.66. The van der Waals surface area contributed by atoms with E-state index in [0.717, 1.165) is 36.4 Å². The number of ketones is 1. The zero-order valence-electron chi connectivity index (χ0n) is 16.9. The van der Waals surface area contributed by atoms with Crippen molar-refractivity contribution in [3.63, 3.8) is 0 Å². The molecule has 4 rings (SSSR count). The van der Waals surface area contributed by atoms with E-state index in [9.17, 15) is 14.4 Å². The molecule has 0 spiro atoms. The van der Waals surface area contributed by atoms with Crippen molar-refractivity contribution in [2.75, 3.05) is 12.9 Å². The maximum absolute atomic E-state index is 13.0. The number of Topliss-reactive ketones (excluding diaryl/α,β-unsaturated/α-hetero) is 1. The van der Waals surface area contributed by atoms with Gasteiger partial charge >= 0.3 is 5.97 Å². The van der Waals surface area contributed by atoms with Crippen LogP contribution in [0.15, 0.2) is 34.0 Å². The second-order valence-electron chi connectivity index (χ2n) is 7.26. The average molecular weight is 443 g/mol. The van der Waals surface area contributed by atoms with E-state index in [1.54, 1.807) is 35.4 Å². The number of hydrogen-bond acceptors (Lipinski definition) is 7. The van der Waals surface area contributed by atoms with E-state index < -0.39 is 5.97 Å². The number of carbonyl (C=O) groups is 2. The topological polar surface area (TPSA) is 78.3 Å². The molecule has 0 saturated carbocycles. The van der Waals surface area contributed by atoms with Crippen LogP contribution in [0.25, 0.3) is 10.2 Å². The van der Waals surface area contributed by atoms with E-state index in [4.69, 9.17) is 4.74 Å². The SMILES string of the molecule is CSc1ccc(C(=O)COC(=O)c2sc3nc4n(c(=O)c3c2C)CCCCC4)cc1. The van der Waals surface area contributed by atoms with Gasteiger partial charge in [-0.3, -0.25) is 14.2 Å². The minimum Gasteiger partial charge on any atom is -0.453 e. The summed E-state index contributed by atoms with van der Waals surface area (Å²) in [5, 5.41) is 0.483. The molecule has 1 aromatic carbocycles. The first-order chi connectivity index (χ1) is 14.5. The minimum absolute atomic E-state index is 0.0883. The van der Waals surface area contributed by atoms with Gasteiger partial charge in [0.1, 0.15) is 15.5 Å². The molecule has 0 saturated heterocycles. The van der Waals surface area contributed by atoms with Crippen LogP contribution in [-0.2, 0) is 17.7 Å². The first kappa shape index (κ1) is 20.8. The molecule has 0 N–H and O–H groups in total. The number of esters is 1. The third-order valence-corrected chi connectivity index (χ3v) is 7.25. The van der Waals surface area contributed by atoms with E-state index in [1.165, 1.54) is 11.3 Å². The van der Waals surface area contributed by atoms with Gasteiger partial charge in [0.05, 0.1) is 5.39 Å². The van der Waals surface area contributed by atoms with Crippen LogP contribution >= 0.6 is 23.1 Å². The number of rotatable bonds is 5. The number of ether oxygens (including phenoxy) is 1. The highest BCUT2D eigenvalue weighted by atomic mass is 32.2. The molecular weight excluding hydrogens is 420 g/mol. The number of hydrogen-bond donors (Lipinski definition) is 0. The van der Waals surface area contributed by atoms with Crippen molar-refractivity contribution in [2.24, 2.45) is 0 Å². The Morgan fingerprint density at radius 1 is 1.20 bits per heavy atom. The quantitative estimate of drug-likeness (QED) is 0.334. The fraction of sp³-hybridized carbons (Fsp3) is 0.364. The van der Waals surface area contributed by atoms with Crippen LogP contribution in [0.2, 0.25) is 0 Å². The predicted molar refractivity (Wildman–Crippen MR) is 119 cm³/mol. The summed E-state index contributed by atoms with van der Waals surface area (Å²) in [7, 11) is 0. The van der Waals surface area contributed by atoms with E-state index in [1.807, 2.05) is 18.4 Å². The molecule has 30 heavy (non-hydrogen) atoms. The highest BCUT2D eigenvalue weighted by molar-refractivity contribution is 7.98. The van der Waals surface area contributed by atoms with E-state index >= 15 is 0 Å². The summed E-state index contributed by atoms with van der Waals surface area (Å²) < 4.78 is 7.02. The maximum Gasteiger partial charge on any atom is 0.349 e. The second-order valence-corrected chi connectivity index (χ2v) is 9.14. The lowest BCUT2D eigenvalue weighted by Crippen LogP contribution is -2.24. The number of nitrogens with zero attached hydrogens (tertiary/aromatic N) is 2. The first-order valence-corrected chi connectivity index (χ1v) is 11.9. The standard InChI is InChI=1S/C22H22N2O4S2/c1-13-18-20(23-17-6-4-3-5-11-24(17)21(18)26)30-19(13)22(27)28-12-16(25)14-7-9-15(29-2)10-8-14/h7-10H,3-6,11-12H2,1-2H3. The normalized spacial score (nSPS) is 13.7. The van der Waals surface area contributed by atoms with Crippen molar-refractivity contribution in [1.82, 2.24) is 9.55 Å². The molecule has 2 aromatic heterocycles. The van der Waals surface area contributed by atoms with Crippen LogP contribution in [0, 0.1) is 6.92 Å². The third kappa shape index (κ3) is 3.94. The molecule has 3 heterocycles. The Labute approximate surface area is 182 Å². The summed E-state index contributed by atoms with van der Waals surface area (Å²) in [5.41, 5.74) is 0.987. The number of aryl methyl sites for hydroxylation is 2. The lowest BCUT2D eigenvalue weighted by Gasteiger charge is -2.08. The van der Waals surface area contributed by atoms with Crippen molar-refractivity contribution in [2.45, 2.75) is 44.0 Å². The molecule has 1 aliphatic heterocycles. The van der Waals surface area contributed by atoms with Gasteiger partial charge in [-0.2, -0.15) is 0 Å². The van der Waals surface area contributed by atoms with Crippen LogP contribution in [0.1, 0.15) is 50.7 Å². The number of fused-ring (bicyclic) bond motifs is 2. The summed E-state index contributed by atoms with van der Waals surface area (Å²) in [6, 6.07) is 7.17. The summed E-state index contributed by atoms with van der Waals surface area (Å²) >= 11 is 2.76. The molecule has 1 aliphatic rings. The molecular formula is C22H22N2O4S2. The molecule has 8 heteroatoms. The van der Waals surface area contributed by atoms with Gasteiger partial charge in [0.25, 0.3) is 5.56 Å². The van der Waals surface area contributed by atoms with Crippen LogP contribution in [-0.4, -0.2) is 34.2 Å². The fourth-order valence-corrected chi connectivity index (χ4v) is 5.15. The largest absolute Gasteiger partial charge is 0.453 e. The Kier molecular flexibility index (Phi) is 6.06. The Morgan fingerprint density at radius 3 is 2.70 bits per heavy atom. The third-order valence-electron chi connectivity index (χ3n) is 5.34. The summed E-state index contributed by atoms with van der Waals surface area (Å²) in [4.78, 5) is 44.6. The van der Waals surface area contributed by atoms with Gasteiger partial charge in [-0.15, -0.1) is 23.1 Å². The van der Waals surface area contributed by atoms with E-state index in [0.29, 0.717) is 32.8 Å². The van der Waals surface area contributed by atoms with Gasteiger partial charge in [0, 0.05) is 23.4 Å². The maximum atomic E-state index is 13.0. The predicted octanol–water partition coefficient (Wildman–Crippen LogP) is 4.25. The van der Waals surface area contributed by atoms with Gasteiger partial charge in [0.2, 0.25) is 0 Å². The van der Waals surface area contributed by atoms with Crippen LogP contribution < -0.4 is 5.56 Å². The van der Waals surface area contributed by atoms with Gasteiger partial charge in [-0.1, -0.05) is 18.6 Å². The van der Waals surface area contributed by atoms with Gasteiger partial charge in [-0.05, 0) is 43.7 Å². The molecule has 6 nitrogen and oxygen atoms in total. The number of carbonyl (C=O) groups excluding carboxylic acids is 2. The summed E-state index contributed by atoms with van der Waals surface area (Å²) in [6.45, 7) is 2.06. The molecule has 156 valence electrons. The number of thiophene rings is 1. The highest BCUT2D eigenvalue weighted by Gasteiger charge is 2.23. The second kappa shape index (κ2) is 8.73. The Morgan fingerprint density at radius 2 is 1.97 bits per heavy atom. The van der Waals surface area contributed by atoms with Crippen molar-refractivity contribution in [3.05, 3.63) is 56.4 Å². The molecule has 0 atom stereocenters. The molecule has 0 unspecified atom stereocenters. The van der Waals surface area contributed by atoms with Crippen LogP contribution in [0.4, 0.5) is 0 Å². The highest BCUT2D eigenvalue weighted by Crippen LogP contribution is 2.29. The Hall–Kier alpha value is -2.45. The number of benzene rings is 1. The molecule has 0 amide bonds. The molecule has 0 fully saturated rings. The van der Waals surface area contributed by atoms with E-state index in [2.05, 4.69) is 4.98 Å². The Bertz CT molecular complexity index is 1180. The van der Waals surface area contributed by atoms with Crippen LogP contribution in [0.5, 0.6) is 0 Å². The lowest BCUT2D eigenvalue weighted by atomic mass is 10.1. The Balaban J connectivity index is 1.56. The van der Waals surface area contributed by atoms with Gasteiger partial charge in [0.15, 0.2) is 12.4 Å². The zero-order valence-corrected chi connectivity index (χ0v) is 18.5.